The van der Waals surface area contributed by atoms with Gasteiger partial charge in [-0.05, 0) is 43.9 Å². The second-order valence-electron chi connectivity index (χ2n) is 7.01. The lowest BCUT2D eigenvalue weighted by molar-refractivity contribution is -0.141. The van der Waals surface area contributed by atoms with Crippen LogP contribution in [-0.4, -0.2) is 48.3 Å². The molecule has 0 aromatic heterocycles. The van der Waals surface area contributed by atoms with Gasteiger partial charge in [0.1, 0.15) is 0 Å². The molecule has 0 radical (unpaired) electrons. The number of benzene rings is 1. The molecule has 1 aromatic rings. The molecule has 1 aliphatic heterocycles. The van der Waals surface area contributed by atoms with Gasteiger partial charge in [0.25, 0.3) is 0 Å². The topological polar surface area (TPSA) is 88.1 Å². The summed E-state index contributed by atoms with van der Waals surface area (Å²) in [6.45, 7) is 9.67. The van der Waals surface area contributed by atoms with Gasteiger partial charge in [0.05, 0.1) is 25.2 Å². The third-order valence-corrected chi connectivity index (χ3v) is 4.70. The summed E-state index contributed by atoms with van der Waals surface area (Å²) in [5, 5.41) is 12.2. The first kappa shape index (κ1) is 20.9. The third kappa shape index (κ3) is 5.28. The number of aliphatic carboxylic acids is 1. The summed E-state index contributed by atoms with van der Waals surface area (Å²) in [6.07, 6.45) is 0.493. The number of urea groups is 1. The Morgan fingerprint density at radius 1 is 1.22 bits per heavy atom. The highest BCUT2D eigenvalue weighted by atomic mass is 16.5. The van der Waals surface area contributed by atoms with Crippen LogP contribution in [0.3, 0.4) is 0 Å². The number of carboxylic acids is 1. The molecule has 0 saturated carbocycles. The number of likely N-dealkylation sites (tertiary alicyclic amines) is 1. The van der Waals surface area contributed by atoms with Crippen molar-refractivity contribution in [3.63, 3.8) is 0 Å². The molecule has 1 aliphatic rings. The second kappa shape index (κ2) is 9.48. The zero-order valence-electron chi connectivity index (χ0n) is 16.5. The largest absolute Gasteiger partial charge is 0.490 e. The van der Waals surface area contributed by atoms with Crippen LogP contribution in [0.4, 0.5) is 4.79 Å². The van der Waals surface area contributed by atoms with E-state index in [2.05, 4.69) is 5.32 Å². The Balaban J connectivity index is 2.16. The van der Waals surface area contributed by atoms with Gasteiger partial charge in [-0.25, -0.2) is 4.79 Å². The lowest BCUT2D eigenvalue weighted by Crippen LogP contribution is -2.42. The summed E-state index contributed by atoms with van der Waals surface area (Å²) < 4.78 is 11.3. The van der Waals surface area contributed by atoms with E-state index >= 15 is 0 Å². The average Bonchev–Trinajstić information content (AvgIpc) is 3.12. The lowest BCUT2D eigenvalue weighted by atomic mass is 9.95. The molecular formula is C20H30N2O5. The molecule has 0 aliphatic carbocycles. The molecule has 2 amide bonds. The molecule has 1 aromatic carbocycles. The van der Waals surface area contributed by atoms with Crippen molar-refractivity contribution >= 4 is 12.0 Å². The van der Waals surface area contributed by atoms with E-state index in [-0.39, 0.29) is 24.5 Å². The van der Waals surface area contributed by atoms with Gasteiger partial charge >= 0.3 is 12.0 Å². The van der Waals surface area contributed by atoms with Crippen LogP contribution in [0.25, 0.3) is 0 Å². The van der Waals surface area contributed by atoms with Crippen LogP contribution in [0.1, 0.15) is 45.7 Å². The highest BCUT2D eigenvalue weighted by molar-refractivity contribution is 5.77. The van der Waals surface area contributed by atoms with Gasteiger partial charge in [0, 0.05) is 13.1 Å². The maximum atomic E-state index is 12.6. The van der Waals surface area contributed by atoms with E-state index in [1.54, 1.807) is 4.90 Å². The van der Waals surface area contributed by atoms with Crippen LogP contribution in [0.15, 0.2) is 18.2 Å². The molecule has 7 heteroatoms. The number of amides is 2. The fourth-order valence-electron chi connectivity index (χ4n) is 3.27. The molecule has 2 atom stereocenters. The van der Waals surface area contributed by atoms with Crippen molar-refractivity contribution in [2.24, 2.45) is 11.8 Å². The average molecular weight is 378 g/mol. The van der Waals surface area contributed by atoms with Crippen molar-refractivity contribution in [2.75, 3.05) is 26.3 Å². The maximum Gasteiger partial charge on any atom is 0.317 e. The molecule has 0 spiro atoms. The number of hydrogen-bond donors (Lipinski definition) is 2. The van der Waals surface area contributed by atoms with Crippen molar-refractivity contribution in [3.05, 3.63) is 23.8 Å². The molecule has 150 valence electrons. The normalized spacial score (nSPS) is 17.7. The van der Waals surface area contributed by atoms with E-state index in [9.17, 15) is 9.59 Å². The summed E-state index contributed by atoms with van der Waals surface area (Å²) in [4.78, 5) is 25.3. The van der Waals surface area contributed by atoms with Gasteiger partial charge in [0.2, 0.25) is 0 Å². The minimum absolute atomic E-state index is 0.152. The number of nitrogens with zero attached hydrogens (tertiary/aromatic N) is 1. The Labute approximate surface area is 160 Å². The molecule has 2 unspecified atom stereocenters. The molecule has 1 fully saturated rings. The third-order valence-electron chi connectivity index (χ3n) is 4.70. The Bertz CT molecular complexity index is 662. The van der Waals surface area contributed by atoms with Crippen molar-refractivity contribution in [3.8, 4) is 11.5 Å². The summed E-state index contributed by atoms with van der Waals surface area (Å²) in [5.41, 5.74) is 0.930. The highest BCUT2D eigenvalue weighted by Crippen LogP contribution is 2.33. The minimum Gasteiger partial charge on any atom is -0.490 e. The molecule has 27 heavy (non-hydrogen) atoms. The van der Waals surface area contributed by atoms with Gasteiger partial charge in [-0.15, -0.1) is 0 Å². The number of nitrogens with one attached hydrogen (secondary N) is 1. The number of carboxylic acid groups (broad SMARTS) is 1. The SMILES string of the molecule is CCOc1ccc(C(NC(=O)N2CCC(C(=O)O)C2)C(C)C)cc1OCC. The van der Waals surface area contributed by atoms with Gasteiger partial charge in [0.15, 0.2) is 11.5 Å². The Morgan fingerprint density at radius 2 is 1.89 bits per heavy atom. The molecular weight excluding hydrogens is 348 g/mol. The fraction of sp³-hybridized carbons (Fsp3) is 0.600. The van der Waals surface area contributed by atoms with Crippen LogP contribution >= 0.6 is 0 Å². The number of ether oxygens (including phenoxy) is 2. The first-order valence-electron chi connectivity index (χ1n) is 9.55. The molecule has 2 N–H and O–H groups in total. The summed E-state index contributed by atoms with van der Waals surface area (Å²) in [5.74, 6) is 0.158. The predicted octanol–water partition coefficient (Wildman–Crippen LogP) is 3.30. The standard InChI is InChI=1S/C20H30N2O5/c1-5-26-16-8-7-14(11-17(16)27-6-2)18(13(3)4)21-20(25)22-10-9-15(12-22)19(23)24/h7-8,11,13,15,18H,5-6,9-10,12H2,1-4H3,(H,21,25)(H,23,24). The van der Waals surface area contributed by atoms with Crippen LogP contribution in [0, 0.1) is 11.8 Å². The minimum atomic E-state index is -0.849. The quantitative estimate of drug-likeness (QED) is 0.725. The van der Waals surface area contributed by atoms with Crippen LogP contribution in [0.2, 0.25) is 0 Å². The van der Waals surface area contributed by atoms with Crippen LogP contribution in [0.5, 0.6) is 11.5 Å². The smallest absolute Gasteiger partial charge is 0.317 e. The molecule has 0 bridgehead atoms. The van der Waals surface area contributed by atoms with E-state index in [0.29, 0.717) is 37.7 Å². The fourth-order valence-corrected chi connectivity index (χ4v) is 3.27. The van der Waals surface area contributed by atoms with E-state index in [1.165, 1.54) is 0 Å². The van der Waals surface area contributed by atoms with Crippen LogP contribution in [-0.2, 0) is 4.79 Å². The van der Waals surface area contributed by atoms with Crippen molar-refractivity contribution < 1.29 is 24.2 Å². The number of rotatable bonds is 8. The molecule has 2 rings (SSSR count). The Kier molecular flexibility index (Phi) is 7.33. The van der Waals surface area contributed by atoms with Gasteiger partial charge in [-0.3, -0.25) is 4.79 Å². The van der Waals surface area contributed by atoms with Gasteiger partial charge in [-0.2, -0.15) is 0 Å². The number of carbonyl (C=O) groups excluding carboxylic acids is 1. The van der Waals surface area contributed by atoms with Crippen molar-refractivity contribution in [1.29, 1.82) is 0 Å². The molecule has 1 saturated heterocycles. The van der Waals surface area contributed by atoms with E-state index in [1.807, 2.05) is 45.9 Å². The summed E-state index contributed by atoms with van der Waals surface area (Å²) >= 11 is 0. The number of carbonyl (C=O) groups is 2. The van der Waals surface area contributed by atoms with Crippen LogP contribution < -0.4 is 14.8 Å². The molecule has 1 heterocycles. The Hall–Kier alpha value is -2.44. The summed E-state index contributed by atoms with van der Waals surface area (Å²) in [7, 11) is 0. The van der Waals surface area contributed by atoms with Crippen molar-refractivity contribution in [1.82, 2.24) is 10.2 Å². The van der Waals surface area contributed by atoms with Crippen molar-refractivity contribution in [2.45, 2.75) is 40.2 Å². The molecule has 7 nitrogen and oxygen atoms in total. The first-order valence-corrected chi connectivity index (χ1v) is 9.55. The van der Waals surface area contributed by atoms with E-state index < -0.39 is 11.9 Å². The highest BCUT2D eigenvalue weighted by Gasteiger charge is 2.32. The zero-order chi connectivity index (χ0) is 20.0. The Morgan fingerprint density at radius 3 is 2.44 bits per heavy atom. The predicted molar refractivity (Wildman–Crippen MR) is 102 cm³/mol. The van der Waals surface area contributed by atoms with Gasteiger partial charge in [-0.1, -0.05) is 19.9 Å². The van der Waals surface area contributed by atoms with E-state index in [0.717, 1.165) is 5.56 Å². The summed E-state index contributed by atoms with van der Waals surface area (Å²) in [6, 6.07) is 5.26. The van der Waals surface area contributed by atoms with E-state index in [4.69, 9.17) is 14.6 Å². The number of hydrogen-bond acceptors (Lipinski definition) is 4. The first-order chi connectivity index (χ1) is 12.9. The van der Waals surface area contributed by atoms with Gasteiger partial charge < -0.3 is 24.8 Å². The second-order valence-corrected chi connectivity index (χ2v) is 7.01. The lowest BCUT2D eigenvalue weighted by Gasteiger charge is -2.27. The monoisotopic (exact) mass is 378 g/mol. The zero-order valence-corrected chi connectivity index (χ0v) is 16.5. The maximum absolute atomic E-state index is 12.6.